The number of benzene rings is 1. The van der Waals surface area contributed by atoms with Gasteiger partial charge in [0.2, 0.25) is 5.88 Å². The van der Waals surface area contributed by atoms with Crippen LogP contribution >= 0.6 is 0 Å². The van der Waals surface area contributed by atoms with Gasteiger partial charge in [-0.25, -0.2) is 9.97 Å². The molecule has 1 N–H and O–H groups in total. The summed E-state index contributed by atoms with van der Waals surface area (Å²) in [5.74, 6) is 1.46. The van der Waals surface area contributed by atoms with Crippen molar-refractivity contribution in [3.05, 3.63) is 60.1 Å². The van der Waals surface area contributed by atoms with Gasteiger partial charge >= 0.3 is 0 Å². The highest BCUT2D eigenvalue weighted by atomic mass is 16.5. The van der Waals surface area contributed by atoms with Crippen molar-refractivity contribution in [2.24, 2.45) is 0 Å². The first-order valence-electron chi connectivity index (χ1n) is 7.05. The van der Waals surface area contributed by atoms with Crippen molar-refractivity contribution in [1.82, 2.24) is 15.0 Å². The Balaban J connectivity index is 1.83. The highest BCUT2D eigenvalue weighted by Crippen LogP contribution is 2.33. The topological polar surface area (TPSA) is 59.9 Å². The van der Waals surface area contributed by atoms with Crippen LogP contribution < -0.4 is 10.1 Å². The summed E-state index contributed by atoms with van der Waals surface area (Å²) in [5.41, 5.74) is 4.32. The number of methoxy groups -OCH3 is 1. The number of pyridine rings is 1. The van der Waals surface area contributed by atoms with Crippen LogP contribution in [0.3, 0.4) is 0 Å². The summed E-state index contributed by atoms with van der Waals surface area (Å²) >= 11 is 0. The van der Waals surface area contributed by atoms with Gasteiger partial charge in [-0.15, -0.1) is 0 Å². The van der Waals surface area contributed by atoms with Crippen LogP contribution in [0.2, 0.25) is 0 Å². The molecule has 1 aliphatic rings. The van der Waals surface area contributed by atoms with Gasteiger partial charge in [0.25, 0.3) is 0 Å². The maximum atomic E-state index is 5.19. The van der Waals surface area contributed by atoms with E-state index in [1.165, 1.54) is 0 Å². The molecule has 108 valence electrons. The Morgan fingerprint density at radius 3 is 3.05 bits per heavy atom. The number of anilines is 1. The standard InChI is InChI=1S/C17H14N4O/c1-22-16-5-3-14-13(6-7-19-17(14)21-16)11-2-4-15-12(8-11)9-18-10-20-15/h2-6,8-10H,7H2,1H3,(H,19,21). The molecule has 0 unspecified atom stereocenters. The lowest BCUT2D eigenvalue weighted by atomic mass is 9.95. The van der Waals surface area contributed by atoms with Crippen molar-refractivity contribution in [2.45, 2.75) is 0 Å². The lowest BCUT2D eigenvalue weighted by Gasteiger charge is -2.19. The second-order valence-electron chi connectivity index (χ2n) is 5.04. The molecule has 3 aromatic rings. The summed E-state index contributed by atoms with van der Waals surface area (Å²) in [7, 11) is 1.62. The maximum Gasteiger partial charge on any atom is 0.214 e. The van der Waals surface area contributed by atoms with Crippen molar-refractivity contribution >= 4 is 22.3 Å². The second-order valence-corrected chi connectivity index (χ2v) is 5.04. The Labute approximate surface area is 127 Å². The number of hydrogen-bond acceptors (Lipinski definition) is 5. The van der Waals surface area contributed by atoms with Crippen molar-refractivity contribution in [1.29, 1.82) is 0 Å². The van der Waals surface area contributed by atoms with E-state index in [-0.39, 0.29) is 0 Å². The fraction of sp³-hybridized carbons (Fsp3) is 0.118. The van der Waals surface area contributed by atoms with Crippen LogP contribution in [-0.2, 0) is 0 Å². The molecule has 0 radical (unpaired) electrons. The van der Waals surface area contributed by atoms with E-state index in [4.69, 9.17) is 4.74 Å². The van der Waals surface area contributed by atoms with E-state index >= 15 is 0 Å². The molecule has 0 atom stereocenters. The van der Waals surface area contributed by atoms with Crippen LogP contribution in [0.1, 0.15) is 11.1 Å². The predicted octanol–water partition coefficient (Wildman–Crippen LogP) is 2.89. The molecule has 0 spiro atoms. The first-order chi connectivity index (χ1) is 10.8. The number of nitrogens with one attached hydrogen (secondary N) is 1. The summed E-state index contributed by atoms with van der Waals surface area (Å²) in [4.78, 5) is 12.8. The molecule has 0 aliphatic carbocycles. The minimum Gasteiger partial charge on any atom is -0.481 e. The molecule has 5 nitrogen and oxygen atoms in total. The number of fused-ring (bicyclic) bond motifs is 2. The lowest BCUT2D eigenvalue weighted by Crippen LogP contribution is -2.11. The van der Waals surface area contributed by atoms with Crippen molar-refractivity contribution in [3.63, 3.8) is 0 Å². The van der Waals surface area contributed by atoms with Crippen molar-refractivity contribution in [2.75, 3.05) is 19.0 Å². The van der Waals surface area contributed by atoms with Gasteiger partial charge in [-0.2, -0.15) is 4.98 Å². The summed E-state index contributed by atoms with van der Waals surface area (Å²) in [6.45, 7) is 0.742. The van der Waals surface area contributed by atoms with Gasteiger partial charge in [-0.1, -0.05) is 12.1 Å². The molecule has 1 aromatic carbocycles. The summed E-state index contributed by atoms with van der Waals surface area (Å²) in [5, 5.41) is 4.31. The Kier molecular flexibility index (Phi) is 2.96. The van der Waals surface area contributed by atoms with Crippen LogP contribution in [-0.4, -0.2) is 28.6 Å². The number of hydrogen-bond donors (Lipinski definition) is 1. The Bertz CT molecular complexity index is 889. The van der Waals surface area contributed by atoms with Gasteiger partial charge < -0.3 is 10.1 Å². The Morgan fingerprint density at radius 1 is 1.18 bits per heavy atom. The predicted molar refractivity (Wildman–Crippen MR) is 85.9 cm³/mol. The van der Waals surface area contributed by atoms with Crippen molar-refractivity contribution < 1.29 is 4.74 Å². The number of ether oxygens (including phenoxy) is 1. The van der Waals surface area contributed by atoms with Gasteiger partial charge in [-0.3, -0.25) is 0 Å². The molecular weight excluding hydrogens is 276 g/mol. The molecule has 1 aliphatic heterocycles. The highest BCUT2D eigenvalue weighted by molar-refractivity contribution is 5.91. The molecule has 2 aromatic heterocycles. The van der Waals surface area contributed by atoms with Crippen molar-refractivity contribution in [3.8, 4) is 5.88 Å². The normalized spacial score (nSPS) is 13.2. The third-order valence-corrected chi connectivity index (χ3v) is 3.76. The zero-order valence-electron chi connectivity index (χ0n) is 12.1. The molecule has 0 fully saturated rings. The first-order valence-corrected chi connectivity index (χ1v) is 7.05. The molecule has 3 heterocycles. The Morgan fingerprint density at radius 2 is 2.14 bits per heavy atom. The molecule has 0 amide bonds. The van der Waals surface area contributed by atoms with E-state index in [2.05, 4.69) is 38.5 Å². The van der Waals surface area contributed by atoms with E-state index in [1.54, 1.807) is 13.4 Å². The summed E-state index contributed by atoms with van der Waals surface area (Å²) < 4.78 is 5.19. The zero-order valence-corrected chi connectivity index (χ0v) is 12.1. The van der Waals surface area contributed by atoms with Crippen LogP contribution in [0, 0.1) is 0 Å². The third-order valence-electron chi connectivity index (χ3n) is 3.76. The third kappa shape index (κ3) is 2.07. The maximum absolute atomic E-state index is 5.19. The highest BCUT2D eigenvalue weighted by Gasteiger charge is 2.16. The van der Waals surface area contributed by atoms with Crippen LogP contribution in [0.4, 0.5) is 5.82 Å². The minimum atomic E-state index is 0.611. The molecule has 22 heavy (non-hydrogen) atoms. The molecule has 0 saturated carbocycles. The summed E-state index contributed by atoms with van der Waals surface area (Å²) in [6.07, 6.45) is 5.57. The lowest BCUT2D eigenvalue weighted by molar-refractivity contribution is 0.398. The fourth-order valence-electron chi connectivity index (χ4n) is 2.69. The zero-order chi connectivity index (χ0) is 14.9. The molecule has 5 heteroatoms. The smallest absolute Gasteiger partial charge is 0.214 e. The summed E-state index contributed by atoms with van der Waals surface area (Å²) in [6, 6.07) is 10.1. The largest absolute Gasteiger partial charge is 0.481 e. The number of nitrogens with zero attached hydrogens (tertiary/aromatic N) is 3. The van der Waals surface area contributed by atoms with Gasteiger partial charge in [0.05, 0.1) is 12.6 Å². The SMILES string of the molecule is COc1ccc2c(n1)NCC=C2c1ccc2ncncc2c1. The van der Waals surface area contributed by atoms with Gasteiger partial charge in [0, 0.05) is 29.8 Å². The van der Waals surface area contributed by atoms with Crippen LogP contribution in [0.5, 0.6) is 5.88 Å². The van der Waals surface area contributed by atoms with Crippen LogP contribution in [0.15, 0.2) is 48.9 Å². The quantitative estimate of drug-likeness (QED) is 0.786. The number of rotatable bonds is 2. The second kappa shape index (κ2) is 5.11. The van der Waals surface area contributed by atoms with E-state index < -0.39 is 0 Å². The van der Waals surface area contributed by atoms with E-state index in [1.807, 2.05) is 24.4 Å². The first kappa shape index (κ1) is 12.8. The average Bonchev–Trinajstić information content (AvgIpc) is 2.60. The van der Waals surface area contributed by atoms with Crippen LogP contribution in [0.25, 0.3) is 16.5 Å². The molecular formula is C17H14N4O. The van der Waals surface area contributed by atoms with Gasteiger partial charge in [0.15, 0.2) is 0 Å². The monoisotopic (exact) mass is 290 g/mol. The molecule has 0 saturated heterocycles. The van der Waals surface area contributed by atoms with Gasteiger partial charge in [0.1, 0.15) is 12.1 Å². The van der Waals surface area contributed by atoms with Gasteiger partial charge in [-0.05, 0) is 29.3 Å². The minimum absolute atomic E-state index is 0.611. The van der Waals surface area contributed by atoms with E-state index in [0.29, 0.717) is 5.88 Å². The van der Waals surface area contributed by atoms with E-state index in [0.717, 1.165) is 40.0 Å². The molecule has 4 rings (SSSR count). The van der Waals surface area contributed by atoms with E-state index in [9.17, 15) is 0 Å². The Hall–Kier alpha value is -2.95. The molecule has 0 bridgehead atoms. The number of aromatic nitrogens is 3. The fourth-order valence-corrected chi connectivity index (χ4v) is 2.69. The average molecular weight is 290 g/mol.